The summed E-state index contributed by atoms with van der Waals surface area (Å²) in [7, 11) is 0. The Labute approximate surface area is 102 Å². The molecule has 0 bridgehead atoms. The Morgan fingerprint density at radius 3 is 2.76 bits per heavy atom. The summed E-state index contributed by atoms with van der Waals surface area (Å²) in [5.74, 6) is 0.950. The predicted molar refractivity (Wildman–Crippen MR) is 66.8 cm³/mol. The maximum atomic E-state index is 11.7. The highest BCUT2D eigenvalue weighted by molar-refractivity contribution is 5.93. The van der Waals surface area contributed by atoms with E-state index in [0.717, 1.165) is 12.1 Å². The number of ether oxygens (including phenoxy) is 1. The molecule has 96 valence electrons. The molecule has 17 heavy (non-hydrogen) atoms. The zero-order chi connectivity index (χ0) is 12.8. The molecule has 1 aromatic heterocycles. The lowest BCUT2D eigenvalue weighted by atomic mass is 10.1. The normalized spacial score (nSPS) is 12.8. The average molecular weight is 239 g/mol. The monoisotopic (exact) mass is 239 g/mol. The molecule has 1 aromatic rings. The number of hydrogen-bond donors (Lipinski definition) is 2. The molecule has 5 nitrogen and oxygen atoms in total. The Kier molecular flexibility index (Phi) is 5.15. The first kappa shape index (κ1) is 13.7. The molecule has 0 saturated carbocycles. The molecule has 0 aliphatic heterocycles. The van der Waals surface area contributed by atoms with E-state index in [2.05, 4.69) is 29.4 Å². The van der Waals surface area contributed by atoms with E-state index < -0.39 is 6.10 Å². The van der Waals surface area contributed by atoms with E-state index in [9.17, 15) is 4.79 Å². The van der Waals surface area contributed by atoms with Crippen molar-refractivity contribution >= 4 is 11.7 Å². The Bertz CT molecular complexity index is 360. The maximum Gasteiger partial charge on any atom is 0.254 e. The SMILES string of the molecule is Cc1cc(NC(=O)C(C)OCCC(C)C)n[nH]1. The third kappa shape index (κ3) is 4.99. The van der Waals surface area contributed by atoms with Crippen molar-refractivity contribution in [2.24, 2.45) is 5.92 Å². The van der Waals surface area contributed by atoms with E-state index in [0.29, 0.717) is 18.3 Å². The summed E-state index contributed by atoms with van der Waals surface area (Å²) in [5, 5.41) is 9.39. The van der Waals surface area contributed by atoms with Gasteiger partial charge in [-0.15, -0.1) is 0 Å². The first-order valence-corrected chi connectivity index (χ1v) is 5.93. The number of aromatic nitrogens is 2. The highest BCUT2D eigenvalue weighted by atomic mass is 16.5. The zero-order valence-electron chi connectivity index (χ0n) is 10.9. The number of aryl methyl sites for hydroxylation is 1. The molecule has 2 N–H and O–H groups in total. The van der Waals surface area contributed by atoms with Crippen molar-refractivity contribution in [3.8, 4) is 0 Å². The molecule has 0 radical (unpaired) electrons. The van der Waals surface area contributed by atoms with Gasteiger partial charge in [0, 0.05) is 18.4 Å². The fourth-order valence-corrected chi connectivity index (χ4v) is 1.27. The van der Waals surface area contributed by atoms with E-state index in [-0.39, 0.29) is 5.91 Å². The lowest BCUT2D eigenvalue weighted by Gasteiger charge is -2.13. The Morgan fingerprint density at radius 2 is 2.24 bits per heavy atom. The summed E-state index contributed by atoms with van der Waals surface area (Å²) in [6, 6.07) is 1.78. The fraction of sp³-hybridized carbons (Fsp3) is 0.667. The summed E-state index contributed by atoms with van der Waals surface area (Å²) in [6.07, 6.45) is 0.504. The molecule has 0 fully saturated rings. The molecule has 5 heteroatoms. The highest BCUT2D eigenvalue weighted by Crippen LogP contribution is 2.06. The van der Waals surface area contributed by atoms with Gasteiger partial charge in [-0.1, -0.05) is 13.8 Å². The minimum absolute atomic E-state index is 0.166. The van der Waals surface area contributed by atoms with Crippen molar-refractivity contribution in [2.45, 2.75) is 40.2 Å². The van der Waals surface area contributed by atoms with Crippen LogP contribution in [0.5, 0.6) is 0 Å². The fourth-order valence-electron chi connectivity index (χ4n) is 1.27. The molecule has 1 atom stereocenters. The van der Waals surface area contributed by atoms with Crippen molar-refractivity contribution in [3.63, 3.8) is 0 Å². The third-order valence-corrected chi connectivity index (χ3v) is 2.39. The minimum Gasteiger partial charge on any atom is -0.369 e. The van der Waals surface area contributed by atoms with Crippen molar-refractivity contribution in [3.05, 3.63) is 11.8 Å². The Morgan fingerprint density at radius 1 is 1.53 bits per heavy atom. The van der Waals surface area contributed by atoms with Crippen molar-refractivity contribution in [1.82, 2.24) is 10.2 Å². The first-order chi connectivity index (χ1) is 7.99. The number of H-pyrrole nitrogens is 1. The molecule has 0 aliphatic carbocycles. The van der Waals surface area contributed by atoms with Crippen molar-refractivity contribution in [1.29, 1.82) is 0 Å². The molecule has 0 saturated heterocycles. The van der Waals surface area contributed by atoms with Gasteiger partial charge >= 0.3 is 0 Å². The Balaban J connectivity index is 2.32. The van der Waals surface area contributed by atoms with Gasteiger partial charge in [0.05, 0.1) is 0 Å². The largest absolute Gasteiger partial charge is 0.369 e. The van der Waals surface area contributed by atoms with Crippen molar-refractivity contribution in [2.75, 3.05) is 11.9 Å². The average Bonchev–Trinajstić information content (AvgIpc) is 2.63. The number of anilines is 1. The summed E-state index contributed by atoms with van der Waals surface area (Å²) in [4.78, 5) is 11.7. The predicted octanol–water partition coefficient (Wildman–Crippen LogP) is 2.11. The van der Waals surface area contributed by atoms with Crippen LogP contribution in [0.15, 0.2) is 6.07 Å². The van der Waals surface area contributed by atoms with Crippen LogP contribution in [0.4, 0.5) is 5.82 Å². The van der Waals surface area contributed by atoms with Crippen LogP contribution >= 0.6 is 0 Å². The van der Waals surface area contributed by atoms with E-state index in [4.69, 9.17) is 4.74 Å². The summed E-state index contributed by atoms with van der Waals surface area (Å²) >= 11 is 0. The third-order valence-electron chi connectivity index (χ3n) is 2.39. The van der Waals surface area contributed by atoms with Gasteiger partial charge in [-0.25, -0.2) is 0 Å². The van der Waals surface area contributed by atoms with Gasteiger partial charge in [0.15, 0.2) is 5.82 Å². The van der Waals surface area contributed by atoms with E-state index in [1.807, 2.05) is 6.92 Å². The van der Waals surface area contributed by atoms with Crippen LogP contribution in [0.1, 0.15) is 32.9 Å². The molecule has 1 unspecified atom stereocenters. The van der Waals surface area contributed by atoms with E-state index in [1.54, 1.807) is 13.0 Å². The second-order valence-corrected chi connectivity index (χ2v) is 4.62. The second kappa shape index (κ2) is 6.39. The van der Waals surface area contributed by atoms with Crippen LogP contribution in [0.3, 0.4) is 0 Å². The lowest BCUT2D eigenvalue weighted by Crippen LogP contribution is -2.28. The molecular weight excluding hydrogens is 218 g/mol. The van der Waals surface area contributed by atoms with Crippen LogP contribution in [0, 0.1) is 12.8 Å². The number of hydrogen-bond acceptors (Lipinski definition) is 3. The van der Waals surface area contributed by atoms with E-state index in [1.165, 1.54) is 0 Å². The lowest BCUT2D eigenvalue weighted by molar-refractivity contribution is -0.126. The van der Waals surface area contributed by atoms with Gasteiger partial charge in [-0.2, -0.15) is 5.10 Å². The van der Waals surface area contributed by atoms with Crippen LogP contribution < -0.4 is 5.32 Å². The number of carbonyl (C=O) groups excluding carboxylic acids is 1. The number of rotatable bonds is 6. The second-order valence-electron chi connectivity index (χ2n) is 4.62. The quantitative estimate of drug-likeness (QED) is 0.799. The number of nitrogens with one attached hydrogen (secondary N) is 2. The number of nitrogens with zero attached hydrogens (tertiary/aromatic N) is 1. The molecule has 1 rings (SSSR count). The van der Waals surface area contributed by atoms with Gasteiger partial charge in [-0.05, 0) is 26.2 Å². The summed E-state index contributed by atoms with van der Waals surface area (Å²) in [5.41, 5.74) is 0.911. The van der Waals surface area contributed by atoms with Crippen LogP contribution in [-0.2, 0) is 9.53 Å². The number of amides is 1. The summed E-state index contributed by atoms with van der Waals surface area (Å²) in [6.45, 7) is 8.48. The zero-order valence-corrected chi connectivity index (χ0v) is 10.9. The van der Waals surface area contributed by atoms with Gasteiger partial charge in [0.2, 0.25) is 0 Å². The smallest absolute Gasteiger partial charge is 0.254 e. The first-order valence-electron chi connectivity index (χ1n) is 5.93. The van der Waals surface area contributed by atoms with Crippen LogP contribution in [0.25, 0.3) is 0 Å². The van der Waals surface area contributed by atoms with E-state index >= 15 is 0 Å². The molecule has 1 amide bonds. The highest BCUT2D eigenvalue weighted by Gasteiger charge is 2.14. The standard InChI is InChI=1S/C12H21N3O2/c1-8(2)5-6-17-10(4)12(16)13-11-7-9(3)14-15-11/h7-8,10H,5-6H2,1-4H3,(H2,13,14,15,16). The van der Waals surface area contributed by atoms with Gasteiger partial charge in [0.25, 0.3) is 5.91 Å². The molecule has 0 spiro atoms. The minimum atomic E-state index is -0.453. The van der Waals surface area contributed by atoms with Gasteiger partial charge in [-0.3, -0.25) is 9.89 Å². The molecule has 1 heterocycles. The van der Waals surface area contributed by atoms with Gasteiger partial charge in [0.1, 0.15) is 6.10 Å². The summed E-state index contributed by atoms with van der Waals surface area (Å²) < 4.78 is 5.44. The maximum absolute atomic E-state index is 11.7. The van der Waals surface area contributed by atoms with Crippen molar-refractivity contribution < 1.29 is 9.53 Å². The molecule has 0 aromatic carbocycles. The number of aromatic amines is 1. The number of carbonyl (C=O) groups is 1. The Hall–Kier alpha value is -1.36. The topological polar surface area (TPSA) is 67.0 Å². The van der Waals surface area contributed by atoms with Gasteiger partial charge < -0.3 is 10.1 Å². The van der Waals surface area contributed by atoms with Crippen LogP contribution in [-0.4, -0.2) is 28.8 Å². The van der Waals surface area contributed by atoms with Crippen LogP contribution in [0.2, 0.25) is 0 Å². The molecular formula is C12H21N3O2. The molecule has 0 aliphatic rings.